The van der Waals surface area contributed by atoms with Crippen LogP contribution in [0.3, 0.4) is 0 Å². The third-order valence-electron chi connectivity index (χ3n) is 4.65. The van der Waals surface area contributed by atoms with Crippen LogP contribution >= 0.6 is 0 Å². The highest BCUT2D eigenvalue weighted by Crippen LogP contribution is 2.34. The number of amides is 1. The second kappa shape index (κ2) is 5.06. The van der Waals surface area contributed by atoms with E-state index in [0.29, 0.717) is 5.92 Å². The molecule has 0 bridgehead atoms. The van der Waals surface area contributed by atoms with Gasteiger partial charge in [-0.3, -0.25) is 13.9 Å². The molecular formula is C16H21N3O2. The lowest BCUT2D eigenvalue weighted by Gasteiger charge is -2.25. The maximum absolute atomic E-state index is 12.4. The van der Waals surface area contributed by atoms with Gasteiger partial charge in [0.05, 0.1) is 11.0 Å². The number of hydrogen-bond acceptors (Lipinski definition) is 2. The second-order valence-electron chi connectivity index (χ2n) is 6.00. The molecule has 0 unspecified atom stereocenters. The summed E-state index contributed by atoms with van der Waals surface area (Å²) in [6.07, 6.45) is 2.40. The first kappa shape index (κ1) is 13.9. The molecule has 1 heterocycles. The van der Waals surface area contributed by atoms with E-state index in [1.54, 1.807) is 21.1 Å². The van der Waals surface area contributed by atoms with Crippen LogP contribution in [-0.2, 0) is 18.4 Å². The Balaban J connectivity index is 1.89. The fourth-order valence-corrected chi connectivity index (χ4v) is 2.88. The van der Waals surface area contributed by atoms with E-state index in [2.05, 4.69) is 6.92 Å². The van der Waals surface area contributed by atoms with E-state index in [1.165, 1.54) is 12.8 Å². The first-order valence-corrected chi connectivity index (χ1v) is 7.40. The first-order valence-electron chi connectivity index (χ1n) is 7.40. The maximum atomic E-state index is 12.4. The van der Waals surface area contributed by atoms with E-state index >= 15 is 0 Å². The molecule has 3 rings (SSSR count). The van der Waals surface area contributed by atoms with E-state index in [0.717, 1.165) is 11.0 Å². The Bertz CT molecular complexity index is 740. The van der Waals surface area contributed by atoms with Crippen molar-refractivity contribution in [2.24, 2.45) is 13.0 Å². The summed E-state index contributed by atoms with van der Waals surface area (Å²) in [6, 6.07) is 7.82. The Labute approximate surface area is 123 Å². The van der Waals surface area contributed by atoms with Crippen LogP contribution in [-0.4, -0.2) is 33.0 Å². The lowest BCUT2D eigenvalue weighted by molar-refractivity contribution is -0.132. The van der Waals surface area contributed by atoms with Gasteiger partial charge in [0.25, 0.3) is 0 Å². The number of fused-ring (bicyclic) bond motifs is 1. The Morgan fingerprint density at radius 2 is 1.95 bits per heavy atom. The van der Waals surface area contributed by atoms with Crippen molar-refractivity contribution in [3.05, 3.63) is 34.7 Å². The molecule has 112 valence electrons. The summed E-state index contributed by atoms with van der Waals surface area (Å²) in [5.74, 6) is 0.621. The van der Waals surface area contributed by atoms with Crippen LogP contribution in [0.5, 0.6) is 0 Å². The van der Waals surface area contributed by atoms with Crippen LogP contribution < -0.4 is 5.69 Å². The molecule has 1 amide bonds. The molecule has 5 nitrogen and oxygen atoms in total. The Morgan fingerprint density at radius 3 is 2.57 bits per heavy atom. The van der Waals surface area contributed by atoms with E-state index in [9.17, 15) is 9.59 Å². The SMILES string of the molecule is C[C@H](C1CC1)N(C)C(=O)Cn1c(=O)n(C)c2ccccc21. The van der Waals surface area contributed by atoms with Crippen molar-refractivity contribution >= 4 is 16.9 Å². The van der Waals surface area contributed by atoms with E-state index in [4.69, 9.17) is 0 Å². The van der Waals surface area contributed by atoms with Crippen molar-refractivity contribution in [2.75, 3.05) is 7.05 Å². The minimum atomic E-state index is -0.142. The fourth-order valence-electron chi connectivity index (χ4n) is 2.88. The fraction of sp³-hybridized carbons (Fsp3) is 0.500. The number of aromatic nitrogens is 2. The minimum absolute atomic E-state index is 0.00662. The Hall–Kier alpha value is -2.04. The molecule has 0 aliphatic heterocycles. The molecule has 1 saturated carbocycles. The van der Waals surface area contributed by atoms with Crippen molar-refractivity contribution in [1.29, 1.82) is 0 Å². The van der Waals surface area contributed by atoms with Gasteiger partial charge in [-0.2, -0.15) is 0 Å². The molecule has 1 aromatic heterocycles. The Kier molecular flexibility index (Phi) is 3.35. The summed E-state index contributed by atoms with van der Waals surface area (Å²) < 4.78 is 3.15. The van der Waals surface area contributed by atoms with Gasteiger partial charge in [0.15, 0.2) is 0 Å². The van der Waals surface area contributed by atoms with Crippen molar-refractivity contribution in [2.45, 2.75) is 32.4 Å². The molecule has 1 atom stereocenters. The quantitative estimate of drug-likeness (QED) is 0.857. The van der Waals surface area contributed by atoms with Gasteiger partial charge >= 0.3 is 5.69 Å². The highest BCUT2D eigenvalue weighted by molar-refractivity contribution is 5.81. The zero-order valence-corrected chi connectivity index (χ0v) is 12.7. The number of para-hydroxylation sites is 2. The van der Waals surface area contributed by atoms with Crippen LogP contribution in [0, 0.1) is 5.92 Å². The monoisotopic (exact) mass is 287 g/mol. The normalized spacial score (nSPS) is 16.1. The predicted molar refractivity (Wildman–Crippen MR) is 82.1 cm³/mol. The third kappa shape index (κ3) is 2.37. The molecule has 0 spiro atoms. The van der Waals surface area contributed by atoms with Crippen molar-refractivity contribution in [1.82, 2.24) is 14.0 Å². The number of nitrogens with zero attached hydrogens (tertiary/aromatic N) is 3. The number of rotatable bonds is 4. The molecule has 5 heteroatoms. The molecule has 0 saturated heterocycles. The topological polar surface area (TPSA) is 47.2 Å². The molecular weight excluding hydrogens is 266 g/mol. The van der Waals surface area contributed by atoms with Crippen LogP contribution in [0.1, 0.15) is 19.8 Å². The summed E-state index contributed by atoms with van der Waals surface area (Å²) in [4.78, 5) is 26.5. The summed E-state index contributed by atoms with van der Waals surface area (Å²) in [5.41, 5.74) is 1.52. The van der Waals surface area contributed by atoms with E-state index in [1.807, 2.05) is 31.3 Å². The van der Waals surface area contributed by atoms with Gasteiger partial charge in [0.1, 0.15) is 6.54 Å². The zero-order chi connectivity index (χ0) is 15.1. The smallest absolute Gasteiger partial charge is 0.329 e. The molecule has 1 aliphatic rings. The maximum Gasteiger partial charge on any atom is 0.329 e. The first-order chi connectivity index (χ1) is 10.0. The largest absolute Gasteiger partial charge is 0.341 e. The van der Waals surface area contributed by atoms with Gasteiger partial charge in [-0.05, 0) is 37.8 Å². The number of aryl methyl sites for hydroxylation is 1. The molecule has 0 N–H and O–H groups in total. The molecule has 2 aromatic rings. The lowest BCUT2D eigenvalue weighted by atomic mass is 10.2. The molecule has 1 aromatic carbocycles. The lowest BCUT2D eigenvalue weighted by Crippen LogP contribution is -2.40. The van der Waals surface area contributed by atoms with Crippen molar-refractivity contribution in [3.63, 3.8) is 0 Å². The highest BCUT2D eigenvalue weighted by atomic mass is 16.2. The standard InChI is InChI=1S/C16H21N3O2/c1-11(12-8-9-12)17(2)15(20)10-19-14-7-5-4-6-13(14)18(3)16(19)21/h4-7,11-12H,8-10H2,1-3H3/t11-/m1/s1. The van der Waals surface area contributed by atoms with E-state index in [-0.39, 0.29) is 24.2 Å². The third-order valence-corrected chi connectivity index (χ3v) is 4.65. The number of hydrogen-bond donors (Lipinski definition) is 0. The van der Waals surface area contributed by atoms with Gasteiger partial charge in [-0.1, -0.05) is 12.1 Å². The van der Waals surface area contributed by atoms with Gasteiger partial charge in [-0.25, -0.2) is 4.79 Å². The van der Waals surface area contributed by atoms with Gasteiger partial charge in [0, 0.05) is 20.1 Å². The van der Waals surface area contributed by atoms with Crippen LogP contribution in [0.4, 0.5) is 0 Å². The average Bonchev–Trinajstić information content (AvgIpc) is 3.31. The van der Waals surface area contributed by atoms with Crippen LogP contribution in [0.15, 0.2) is 29.1 Å². The van der Waals surface area contributed by atoms with Gasteiger partial charge in [-0.15, -0.1) is 0 Å². The number of benzene rings is 1. The van der Waals surface area contributed by atoms with Crippen LogP contribution in [0.25, 0.3) is 11.0 Å². The zero-order valence-electron chi connectivity index (χ0n) is 12.7. The van der Waals surface area contributed by atoms with Crippen molar-refractivity contribution < 1.29 is 4.79 Å². The summed E-state index contributed by atoms with van der Waals surface area (Å²) >= 11 is 0. The second-order valence-corrected chi connectivity index (χ2v) is 6.00. The summed E-state index contributed by atoms with van der Waals surface area (Å²) in [7, 11) is 3.57. The molecule has 1 fully saturated rings. The summed E-state index contributed by atoms with van der Waals surface area (Å²) in [6.45, 7) is 2.19. The number of carbonyl (C=O) groups excluding carboxylic acids is 1. The average molecular weight is 287 g/mol. The highest BCUT2D eigenvalue weighted by Gasteiger charge is 2.32. The molecule has 21 heavy (non-hydrogen) atoms. The molecule has 0 radical (unpaired) electrons. The molecule has 1 aliphatic carbocycles. The van der Waals surface area contributed by atoms with Gasteiger partial charge in [0.2, 0.25) is 5.91 Å². The van der Waals surface area contributed by atoms with Crippen LogP contribution in [0.2, 0.25) is 0 Å². The number of carbonyl (C=O) groups is 1. The number of imidazole rings is 1. The van der Waals surface area contributed by atoms with Gasteiger partial charge < -0.3 is 4.90 Å². The summed E-state index contributed by atoms with van der Waals surface area (Å²) in [5, 5.41) is 0. The predicted octanol–water partition coefficient (Wildman–Crippen LogP) is 1.60. The van der Waals surface area contributed by atoms with E-state index < -0.39 is 0 Å². The van der Waals surface area contributed by atoms with Crippen molar-refractivity contribution in [3.8, 4) is 0 Å². The minimum Gasteiger partial charge on any atom is -0.341 e. The Morgan fingerprint density at radius 1 is 1.33 bits per heavy atom. The number of likely N-dealkylation sites (N-methyl/N-ethyl adjacent to an activating group) is 1.